The molecule has 0 bridgehead atoms. The molecule has 0 aliphatic carbocycles. The molecule has 162 valence electrons. The van der Waals surface area contributed by atoms with Crippen molar-refractivity contribution in [3.8, 4) is 0 Å². The number of rotatable bonds is 8. The van der Waals surface area contributed by atoms with Gasteiger partial charge < -0.3 is 15.5 Å². The number of aliphatic imine (C=N–C) groups is 1. The van der Waals surface area contributed by atoms with Gasteiger partial charge in [-0.05, 0) is 24.1 Å². The molecule has 30 heavy (non-hydrogen) atoms. The molecule has 0 spiro atoms. The summed E-state index contributed by atoms with van der Waals surface area (Å²) in [5.74, 6) is 0.451. The van der Waals surface area contributed by atoms with Crippen LogP contribution in [0.2, 0.25) is 0 Å². The Morgan fingerprint density at radius 3 is 2.80 bits per heavy atom. The highest BCUT2D eigenvalue weighted by Crippen LogP contribution is 2.20. The summed E-state index contributed by atoms with van der Waals surface area (Å²) in [6, 6.07) is 12.4. The molecule has 1 saturated heterocycles. The number of nitrogens with zero attached hydrogens (tertiary/aromatic N) is 3. The molecular weight excluding hydrogens is 407 g/mol. The molecule has 0 saturated carbocycles. The topological polar surface area (TPSA) is 98.7 Å². The average molecular weight is 435 g/mol. The van der Waals surface area contributed by atoms with Crippen molar-refractivity contribution in [1.29, 1.82) is 0 Å². The van der Waals surface area contributed by atoms with Crippen molar-refractivity contribution in [2.24, 2.45) is 4.99 Å². The Labute approximate surface area is 176 Å². The maximum Gasteiger partial charge on any atom is 0.213 e. The van der Waals surface area contributed by atoms with Crippen LogP contribution in [-0.2, 0) is 16.6 Å². The largest absolute Gasteiger partial charge is 0.355 e. The van der Waals surface area contributed by atoms with Crippen molar-refractivity contribution in [1.82, 2.24) is 20.3 Å². The molecule has 1 aliphatic rings. The van der Waals surface area contributed by atoms with Crippen LogP contribution in [0.3, 0.4) is 0 Å². The van der Waals surface area contributed by atoms with Crippen molar-refractivity contribution in [2.45, 2.75) is 19.0 Å². The van der Waals surface area contributed by atoms with E-state index < -0.39 is 10.0 Å². The number of hydrogen-bond donors (Lipinski definition) is 3. The maximum absolute atomic E-state index is 13.9. The Bertz CT molecular complexity index is 955. The van der Waals surface area contributed by atoms with Gasteiger partial charge in [0.05, 0.1) is 5.75 Å². The van der Waals surface area contributed by atoms with Gasteiger partial charge in [0.25, 0.3) is 0 Å². The van der Waals surface area contributed by atoms with Gasteiger partial charge in [-0.3, -0.25) is 4.99 Å². The van der Waals surface area contributed by atoms with Gasteiger partial charge in [-0.15, -0.1) is 0 Å². The number of hydrogen-bond acceptors (Lipinski definition) is 5. The summed E-state index contributed by atoms with van der Waals surface area (Å²) in [7, 11) is -1.79. The van der Waals surface area contributed by atoms with Crippen LogP contribution in [0.15, 0.2) is 53.7 Å². The lowest BCUT2D eigenvalue weighted by Gasteiger charge is -2.20. The molecule has 3 rings (SSSR count). The zero-order chi connectivity index (χ0) is 21.4. The second kappa shape index (κ2) is 10.4. The molecule has 1 atom stereocenters. The molecule has 1 unspecified atom stereocenters. The van der Waals surface area contributed by atoms with Crippen LogP contribution >= 0.6 is 0 Å². The van der Waals surface area contributed by atoms with E-state index in [1.54, 1.807) is 19.3 Å². The van der Waals surface area contributed by atoms with Gasteiger partial charge in [-0.1, -0.05) is 30.3 Å². The van der Waals surface area contributed by atoms with E-state index in [-0.39, 0.29) is 30.7 Å². The minimum absolute atomic E-state index is 0.0606. The minimum Gasteiger partial charge on any atom is -0.355 e. The number of benzene rings is 1. The number of halogens is 1. The van der Waals surface area contributed by atoms with Gasteiger partial charge in [0, 0.05) is 45.5 Å². The lowest BCUT2D eigenvalue weighted by atomic mass is 10.2. The summed E-state index contributed by atoms with van der Waals surface area (Å²) >= 11 is 0. The first kappa shape index (κ1) is 22.0. The van der Waals surface area contributed by atoms with E-state index in [9.17, 15) is 12.8 Å². The van der Waals surface area contributed by atoms with Crippen LogP contribution in [0.5, 0.6) is 0 Å². The maximum atomic E-state index is 13.9. The molecule has 1 fully saturated rings. The average Bonchev–Trinajstić information content (AvgIpc) is 3.21. The minimum atomic E-state index is -3.41. The molecule has 10 heteroatoms. The van der Waals surface area contributed by atoms with Gasteiger partial charge in [0.1, 0.15) is 0 Å². The van der Waals surface area contributed by atoms with Crippen molar-refractivity contribution < 1.29 is 12.8 Å². The highest BCUT2D eigenvalue weighted by Gasteiger charge is 2.26. The highest BCUT2D eigenvalue weighted by molar-refractivity contribution is 7.89. The van der Waals surface area contributed by atoms with Crippen molar-refractivity contribution >= 4 is 21.8 Å². The third-order valence-corrected chi connectivity index (χ3v) is 6.12. The normalized spacial score (nSPS) is 17.2. The Morgan fingerprint density at radius 1 is 1.27 bits per heavy atom. The third-order valence-electron chi connectivity index (χ3n) is 4.79. The number of nitrogens with one attached hydrogen (secondary N) is 3. The van der Waals surface area contributed by atoms with Gasteiger partial charge in [-0.25, -0.2) is 22.5 Å². The molecule has 3 N–H and O–H groups in total. The highest BCUT2D eigenvalue weighted by atomic mass is 32.2. The van der Waals surface area contributed by atoms with Crippen LogP contribution < -0.4 is 20.3 Å². The fraction of sp³-hybridized carbons (Fsp3) is 0.400. The standard InChI is InChI=1S/C20H27FN6O2S/c1-22-20(24-11-13-30(28,29)25-14-16-6-3-2-4-7-16)26-17-9-12-27(15-17)19-18(21)8-5-10-23-19/h2-8,10,17,25H,9,11-15H2,1H3,(H2,22,24,26). The summed E-state index contributed by atoms with van der Waals surface area (Å²) in [4.78, 5) is 10.2. The summed E-state index contributed by atoms with van der Waals surface area (Å²) in [6.45, 7) is 1.75. The number of pyridine rings is 1. The Hall–Kier alpha value is -2.72. The van der Waals surface area contributed by atoms with E-state index in [1.807, 2.05) is 35.2 Å². The summed E-state index contributed by atoms with van der Waals surface area (Å²) < 4.78 is 40.9. The predicted octanol–water partition coefficient (Wildman–Crippen LogP) is 1.08. The third kappa shape index (κ3) is 6.39. The van der Waals surface area contributed by atoms with E-state index >= 15 is 0 Å². The summed E-state index contributed by atoms with van der Waals surface area (Å²) in [6.07, 6.45) is 2.37. The van der Waals surface area contributed by atoms with Crippen LogP contribution in [0.1, 0.15) is 12.0 Å². The fourth-order valence-corrected chi connectivity index (χ4v) is 4.14. The van der Waals surface area contributed by atoms with Crippen LogP contribution in [-0.4, -0.2) is 57.8 Å². The van der Waals surface area contributed by atoms with Crippen LogP contribution in [0.25, 0.3) is 0 Å². The summed E-state index contributed by atoms with van der Waals surface area (Å²) in [5, 5.41) is 6.29. The Kier molecular flexibility index (Phi) is 7.58. The molecule has 1 aliphatic heterocycles. The SMILES string of the molecule is CN=C(NCCS(=O)(=O)NCc1ccccc1)NC1CCN(c2ncccc2F)C1. The van der Waals surface area contributed by atoms with E-state index in [0.29, 0.717) is 24.9 Å². The van der Waals surface area contributed by atoms with Gasteiger partial charge >= 0.3 is 0 Å². The number of anilines is 1. The molecule has 2 aromatic rings. The van der Waals surface area contributed by atoms with E-state index in [0.717, 1.165) is 12.0 Å². The van der Waals surface area contributed by atoms with Crippen molar-refractivity contribution in [2.75, 3.05) is 37.3 Å². The molecule has 0 radical (unpaired) electrons. The number of sulfonamides is 1. The van der Waals surface area contributed by atoms with E-state index in [1.165, 1.54) is 6.07 Å². The molecule has 2 heterocycles. The Morgan fingerprint density at radius 2 is 2.07 bits per heavy atom. The van der Waals surface area contributed by atoms with Crippen LogP contribution in [0, 0.1) is 5.82 Å². The Balaban J connectivity index is 1.42. The van der Waals surface area contributed by atoms with Gasteiger partial charge in [0.15, 0.2) is 17.6 Å². The zero-order valence-electron chi connectivity index (χ0n) is 16.9. The number of aromatic nitrogens is 1. The van der Waals surface area contributed by atoms with Gasteiger partial charge in [-0.2, -0.15) is 0 Å². The fourth-order valence-electron chi connectivity index (χ4n) is 3.23. The molecule has 8 nitrogen and oxygen atoms in total. The molecule has 0 amide bonds. The van der Waals surface area contributed by atoms with E-state index in [4.69, 9.17) is 0 Å². The number of guanidine groups is 1. The van der Waals surface area contributed by atoms with Crippen molar-refractivity contribution in [3.05, 3.63) is 60.0 Å². The second-order valence-electron chi connectivity index (χ2n) is 7.01. The zero-order valence-corrected chi connectivity index (χ0v) is 17.7. The molecular formula is C20H27FN6O2S. The monoisotopic (exact) mass is 434 g/mol. The van der Waals surface area contributed by atoms with Crippen molar-refractivity contribution in [3.63, 3.8) is 0 Å². The van der Waals surface area contributed by atoms with E-state index in [2.05, 4.69) is 25.3 Å². The lowest BCUT2D eigenvalue weighted by Crippen LogP contribution is -2.46. The molecule has 1 aromatic carbocycles. The molecule has 1 aromatic heterocycles. The predicted molar refractivity (Wildman–Crippen MR) is 116 cm³/mol. The van der Waals surface area contributed by atoms with Gasteiger partial charge in [0.2, 0.25) is 10.0 Å². The lowest BCUT2D eigenvalue weighted by molar-refractivity contribution is 0.579. The smallest absolute Gasteiger partial charge is 0.213 e. The second-order valence-corrected chi connectivity index (χ2v) is 8.94. The quantitative estimate of drug-likeness (QED) is 0.425. The van der Waals surface area contributed by atoms with Crippen LogP contribution in [0.4, 0.5) is 10.2 Å². The first-order chi connectivity index (χ1) is 14.5. The first-order valence-electron chi connectivity index (χ1n) is 9.81. The first-order valence-corrected chi connectivity index (χ1v) is 11.5. The summed E-state index contributed by atoms with van der Waals surface area (Å²) in [5.41, 5.74) is 0.904.